The Morgan fingerprint density at radius 1 is 1.11 bits per heavy atom. The van der Waals surface area contributed by atoms with E-state index in [1.165, 1.54) is 12.1 Å². The maximum Gasteiger partial charge on any atom is 0.410 e. The Bertz CT molecular complexity index is 1240. The zero-order valence-corrected chi connectivity index (χ0v) is 20.3. The standard InChI is InChI=1S/C29H30FN3O3/c1-29(12-5-13-33(29)28(34)35-18-19-6-3-2-4-7-19)21-14-25(20-8-10-22(30)11-9-20)32-26(15-21)36-27-23-16-31-17-24(23)27/h2-4,6-11,14-15,23-24,27,31H,5,12-13,16-18H2,1H3/t23-,24+,27?,29?. The topological polar surface area (TPSA) is 63.7 Å². The summed E-state index contributed by atoms with van der Waals surface area (Å²) in [5.74, 6) is 1.31. The van der Waals surface area contributed by atoms with Gasteiger partial charge in [0, 0.05) is 43.1 Å². The number of carbonyl (C=O) groups excluding carboxylic acids is 1. The monoisotopic (exact) mass is 487 g/mol. The van der Waals surface area contributed by atoms with Crippen LogP contribution in [0.15, 0.2) is 66.7 Å². The van der Waals surface area contributed by atoms with E-state index in [9.17, 15) is 9.18 Å². The summed E-state index contributed by atoms with van der Waals surface area (Å²) in [5.41, 5.74) is 2.85. The van der Waals surface area contributed by atoms with Crippen LogP contribution in [-0.4, -0.2) is 41.7 Å². The molecule has 3 aliphatic rings. The van der Waals surface area contributed by atoms with Crippen LogP contribution < -0.4 is 10.1 Å². The number of carbonyl (C=O) groups is 1. The van der Waals surface area contributed by atoms with Gasteiger partial charge in [0.05, 0.1) is 11.2 Å². The lowest BCUT2D eigenvalue weighted by atomic mass is 9.89. The van der Waals surface area contributed by atoms with Gasteiger partial charge in [-0.05, 0) is 61.2 Å². The van der Waals surface area contributed by atoms with E-state index < -0.39 is 5.54 Å². The SMILES string of the molecule is CC1(c2cc(OC3[C@H]4CNC[C@@H]34)nc(-c3ccc(F)cc3)c2)CCCN1C(=O)OCc1ccccc1. The van der Waals surface area contributed by atoms with Crippen molar-refractivity contribution in [2.45, 2.75) is 38.0 Å². The average molecular weight is 488 g/mol. The molecule has 0 radical (unpaired) electrons. The van der Waals surface area contributed by atoms with Crippen molar-refractivity contribution in [2.75, 3.05) is 19.6 Å². The van der Waals surface area contributed by atoms with Crippen LogP contribution in [0, 0.1) is 17.7 Å². The molecule has 2 unspecified atom stereocenters. The lowest BCUT2D eigenvalue weighted by Gasteiger charge is -2.35. The number of rotatable bonds is 6. The highest BCUT2D eigenvalue weighted by Gasteiger charge is 2.55. The molecule has 0 spiro atoms. The van der Waals surface area contributed by atoms with Crippen molar-refractivity contribution in [1.82, 2.24) is 15.2 Å². The summed E-state index contributed by atoms with van der Waals surface area (Å²) in [5, 5.41) is 3.39. The largest absolute Gasteiger partial charge is 0.474 e. The molecule has 3 aromatic rings. The highest BCUT2D eigenvalue weighted by molar-refractivity contribution is 5.70. The molecule has 2 saturated heterocycles. The predicted octanol–water partition coefficient (Wildman–Crippen LogP) is 5.13. The number of hydrogen-bond acceptors (Lipinski definition) is 5. The van der Waals surface area contributed by atoms with Gasteiger partial charge in [0.15, 0.2) is 0 Å². The second-order valence-corrected chi connectivity index (χ2v) is 10.2. The van der Waals surface area contributed by atoms with Crippen LogP contribution in [0.25, 0.3) is 11.3 Å². The van der Waals surface area contributed by atoms with E-state index in [4.69, 9.17) is 14.5 Å². The molecule has 1 N–H and O–H groups in total. The Labute approximate surface area is 210 Å². The van der Waals surface area contributed by atoms with E-state index in [1.54, 1.807) is 12.1 Å². The maximum atomic E-state index is 13.6. The molecular formula is C29H30FN3O3. The Morgan fingerprint density at radius 3 is 2.61 bits per heavy atom. The number of hydrogen-bond donors (Lipinski definition) is 1. The zero-order chi connectivity index (χ0) is 24.7. The van der Waals surface area contributed by atoms with Crippen molar-refractivity contribution in [3.8, 4) is 17.1 Å². The minimum Gasteiger partial charge on any atom is -0.474 e. The summed E-state index contributed by atoms with van der Waals surface area (Å²) < 4.78 is 25.7. The molecule has 6 rings (SSSR count). The number of likely N-dealkylation sites (tertiary alicyclic amines) is 1. The van der Waals surface area contributed by atoms with Gasteiger partial charge in [0.25, 0.3) is 0 Å². The Morgan fingerprint density at radius 2 is 1.86 bits per heavy atom. The second-order valence-electron chi connectivity index (χ2n) is 10.2. The molecule has 6 nitrogen and oxygen atoms in total. The molecule has 3 heterocycles. The quantitative estimate of drug-likeness (QED) is 0.522. The van der Waals surface area contributed by atoms with E-state index in [1.807, 2.05) is 47.4 Å². The van der Waals surface area contributed by atoms with Gasteiger partial charge in [-0.2, -0.15) is 0 Å². The van der Waals surface area contributed by atoms with Crippen molar-refractivity contribution < 1.29 is 18.7 Å². The predicted molar refractivity (Wildman–Crippen MR) is 134 cm³/mol. The normalized spacial score (nSPS) is 26.5. The van der Waals surface area contributed by atoms with Gasteiger partial charge in [-0.3, -0.25) is 4.90 Å². The third-order valence-corrected chi connectivity index (χ3v) is 7.90. The number of nitrogens with zero attached hydrogens (tertiary/aromatic N) is 2. The van der Waals surface area contributed by atoms with E-state index >= 15 is 0 Å². The fraction of sp³-hybridized carbons (Fsp3) is 0.379. The molecule has 1 amide bonds. The summed E-state index contributed by atoms with van der Waals surface area (Å²) in [6.45, 7) is 4.87. The molecule has 2 aliphatic heterocycles. The molecule has 4 atom stereocenters. The summed E-state index contributed by atoms with van der Waals surface area (Å²) in [6.07, 6.45) is 1.51. The molecule has 3 fully saturated rings. The summed E-state index contributed by atoms with van der Waals surface area (Å²) in [7, 11) is 0. The number of nitrogens with one attached hydrogen (secondary N) is 1. The first-order chi connectivity index (χ1) is 17.5. The van der Waals surface area contributed by atoms with Gasteiger partial charge in [-0.15, -0.1) is 0 Å². The third kappa shape index (κ3) is 4.32. The lowest BCUT2D eigenvalue weighted by Crippen LogP contribution is -2.43. The number of pyridine rings is 1. The van der Waals surface area contributed by atoms with E-state index in [0.29, 0.717) is 30.0 Å². The van der Waals surface area contributed by atoms with Crippen molar-refractivity contribution >= 4 is 6.09 Å². The van der Waals surface area contributed by atoms with Crippen molar-refractivity contribution in [2.24, 2.45) is 11.8 Å². The van der Waals surface area contributed by atoms with Crippen LogP contribution in [-0.2, 0) is 16.9 Å². The van der Waals surface area contributed by atoms with Gasteiger partial charge < -0.3 is 14.8 Å². The summed E-state index contributed by atoms with van der Waals surface area (Å²) in [6, 6.07) is 20.0. The number of halogens is 1. The average Bonchev–Trinajstić information content (AvgIpc) is 3.22. The van der Waals surface area contributed by atoms with Gasteiger partial charge in [-0.1, -0.05) is 30.3 Å². The Kier molecular flexibility index (Phi) is 5.88. The van der Waals surface area contributed by atoms with Crippen molar-refractivity contribution in [3.05, 3.63) is 83.7 Å². The number of aromatic nitrogens is 1. The highest BCUT2D eigenvalue weighted by atomic mass is 19.1. The minimum atomic E-state index is -0.565. The molecule has 7 heteroatoms. The Hall–Kier alpha value is -3.45. The second kappa shape index (κ2) is 9.21. The zero-order valence-electron chi connectivity index (χ0n) is 20.3. The van der Waals surface area contributed by atoms with Crippen LogP contribution in [0.1, 0.15) is 30.9 Å². The first-order valence-corrected chi connectivity index (χ1v) is 12.7. The molecule has 2 aromatic carbocycles. The molecular weight excluding hydrogens is 457 g/mol. The van der Waals surface area contributed by atoms with Crippen molar-refractivity contribution in [1.29, 1.82) is 0 Å². The molecule has 36 heavy (non-hydrogen) atoms. The smallest absolute Gasteiger partial charge is 0.410 e. The summed E-state index contributed by atoms with van der Waals surface area (Å²) in [4.78, 5) is 19.8. The van der Waals surface area contributed by atoms with Crippen LogP contribution in [0.5, 0.6) is 5.88 Å². The molecule has 1 saturated carbocycles. The number of benzene rings is 2. The third-order valence-electron chi connectivity index (χ3n) is 7.90. The van der Waals surface area contributed by atoms with E-state index in [0.717, 1.165) is 42.6 Å². The minimum absolute atomic E-state index is 0.165. The lowest BCUT2D eigenvalue weighted by molar-refractivity contribution is 0.0691. The summed E-state index contributed by atoms with van der Waals surface area (Å²) >= 11 is 0. The first-order valence-electron chi connectivity index (χ1n) is 12.7. The molecule has 1 aliphatic carbocycles. The van der Waals surface area contributed by atoms with Crippen LogP contribution in [0.4, 0.5) is 9.18 Å². The molecule has 186 valence electrons. The number of ether oxygens (including phenoxy) is 2. The van der Waals surface area contributed by atoms with Gasteiger partial charge in [-0.25, -0.2) is 14.2 Å². The molecule has 0 bridgehead atoms. The van der Waals surface area contributed by atoms with Gasteiger partial charge >= 0.3 is 6.09 Å². The van der Waals surface area contributed by atoms with Gasteiger partial charge in [0.1, 0.15) is 18.5 Å². The fourth-order valence-corrected chi connectivity index (χ4v) is 5.67. The number of fused-ring (bicyclic) bond motifs is 1. The Balaban J connectivity index is 1.30. The van der Waals surface area contributed by atoms with E-state index in [2.05, 4.69) is 12.2 Å². The number of amides is 1. The van der Waals surface area contributed by atoms with Crippen LogP contribution >= 0.6 is 0 Å². The van der Waals surface area contributed by atoms with Crippen molar-refractivity contribution in [3.63, 3.8) is 0 Å². The maximum absolute atomic E-state index is 13.6. The van der Waals surface area contributed by atoms with Crippen LogP contribution in [0.2, 0.25) is 0 Å². The fourth-order valence-electron chi connectivity index (χ4n) is 5.67. The van der Waals surface area contributed by atoms with E-state index in [-0.39, 0.29) is 24.6 Å². The first kappa shape index (κ1) is 23.0. The molecule has 1 aromatic heterocycles. The van der Waals surface area contributed by atoms with Gasteiger partial charge in [0.2, 0.25) is 5.88 Å². The highest BCUT2D eigenvalue weighted by Crippen LogP contribution is 2.46. The number of piperidine rings is 1. The van der Waals surface area contributed by atoms with Crippen LogP contribution in [0.3, 0.4) is 0 Å².